The van der Waals surface area contributed by atoms with Crippen LogP contribution in [0.25, 0.3) is 0 Å². The zero-order chi connectivity index (χ0) is 17.6. The van der Waals surface area contributed by atoms with Crippen LogP contribution in [0, 0.1) is 0 Å². The maximum atomic E-state index is 11.7. The number of amides is 1. The first-order valence-electron chi connectivity index (χ1n) is 8.91. The molecule has 0 aliphatic carbocycles. The summed E-state index contributed by atoms with van der Waals surface area (Å²) in [6.45, 7) is 2.23. The molecule has 0 fully saturated rings. The fourth-order valence-corrected chi connectivity index (χ4v) is 2.80. The van der Waals surface area contributed by atoms with E-state index in [0.717, 1.165) is 12.8 Å². The van der Waals surface area contributed by atoms with E-state index in [1.54, 1.807) is 18.2 Å². The molecule has 1 N–H and O–H groups in total. The lowest BCUT2D eigenvalue weighted by Gasteiger charge is -2.02. The van der Waals surface area contributed by atoms with Gasteiger partial charge in [0.1, 0.15) is 0 Å². The highest BCUT2D eigenvalue weighted by atomic mass is 35.5. The largest absolute Gasteiger partial charge is 0.273 e. The Hall–Kier alpha value is -1.06. The maximum absolute atomic E-state index is 11.7. The number of hydrogen-bond acceptors (Lipinski definition) is 2. The Kier molecular flexibility index (Phi) is 11.6. The fraction of sp³-hybridized carbons (Fsp3) is 0.579. The number of carbonyl (C=O) groups excluding carboxylic acids is 1. The predicted octanol–water partition coefficient (Wildman–Crippen LogP) is 6.36. The van der Waals surface area contributed by atoms with E-state index >= 15 is 0 Å². The monoisotopic (exact) mass is 370 g/mol. The van der Waals surface area contributed by atoms with Crippen molar-refractivity contribution in [2.24, 2.45) is 5.10 Å². The molecule has 134 valence electrons. The number of rotatable bonds is 12. The maximum Gasteiger partial charge on any atom is 0.240 e. The fourth-order valence-electron chi connectivity index (χ4n) is 2.45. The van der Waals surface area contributed by atoms with Crippen LogP contribution >= 0.6 is 23.2 Å². The first-order valence-corrected chi connectivity index (χ1v) is 9.66. The van der Waals surface area contributed by atoms with Crippen molar-refractivity contribution in [2.75, 3.05) is 0 Å². The number of nitrogens with one attached hydrogen (secondary N) is 1. The lowest BCUT2D eigenvalue weighted by Crippen LogP contribution is -2.16. The van der Waals surface area contributed by atoms with Gasteiger partial charge in [-0.1, -0.05) is 93.6 Å². The van der Waals surface area contributed by atoms with E-state index in [1.807, 2.05) is 0 Å². The summed E-state index contributed by atoms with van der Waals surface area (Å²) < 4.78 is 0. The predicted molar refractivity (Wildman–Crippen MR) is 104 cm³/mol. The number of nitrogens with zero attached hydrogens (tertiary/aromatic N) is 1. The molecule has 0 aliphatic rings. The summed E-state index contributed by atoms with van der Waals surface area (Å²) in [6, 6.07) is 5.30. The summed E-state index contributed by atoms with van der Waals surface area (Å²) in [5.41, 5.74) is 3.22. The summed E-state index contributed by atoms with van der Waals surface area (Å²) in [5, 5.41) is 4.85. The minimum absolute atomic E-state index is 0.0626. The van der Waals surface area contributed by atoms with Crippen LogP contribution in [-0.2, 0) is 4.79 Å². The van der Waals surface area contributed by atoms with Crippen molar-refractivity contribution >= 4 is 35.3 Å². The molecule has 0 heterocycles. The average molecular weight is 371 g/mol. The lowest BCUT2D eigenvalue weighted by atomic mass is 10.1. The third-order valence-electron chi connectivity index (χ3n) is 3.88. The van der Waals surface area contributed by atoms with Crippen LogP contribution in [0.1, 0.15) is 76.7 Å². The third-order valence-corrected chi connectivity index (χ3v) is 4.72. The molecule has 0 bridgehead atoms. The summed E-state index contributed by atoms with van der Waals surface area (Å²) >= 11 is 12.0. The van der Waals surface area contributed by atoms with Gasteiger partial charge in [-0.05, 0) is 12.5 Å². The van der Waals surface area contributed by atoms with Gasteiger partial charge in [0, 0.05) is 12.0 Å². The van der Waals surface area contributed by atoms with Crippen LogP contribution in [0.15, 0.2) is 23.3 Å². The van der Waals surface area contributed by atoms with Gasteiger partial charge in [0.25, 0.3) is 0 Å². The van der Waals surface area contributed by atoms with Gasteiger partial charge in [0.15, 0.2) is 0 Å². The molecule has 0 unspecified atom stereocenters. The number of hydrazone groups is 1. The number of carbonyl (C=O) groups is 1. The van der Waals surface area contributed by atoms with Crippen molar-refractivity contribution in [3.8, 4) is 0 Å². The molecule has 0 saturated carbocycles. The van der Waals surface area contributed by atoms with E-state index in [0.29, 0.717) is 22.0 Å². The first kappa shape index (κ1) is 21.0. The Morgan fingerprint density at radius 3 is 2.33 bits per heavy atom. The number of benzene rings is 1. The molecular weight excluding hydrogens is 343 g/mol. The average Bonchev–Trinajstić information content (AvgIpc) is 2.57. The van der Waals surface area contributed by atoms with Crippen molar-refractivity contribution in [1.82, 2.24) is 5.43 Å². The van der Waals surface area contributed by atoms with Crippen LogP contribution in [0.2, 0.25) is 10.0 Å². The molecular formula is C19H28Cl2N2O. The van der Waals surface area contributed by atoms with Gasteiger partial charge in [0.2, 0.25) is 5.91 Å². The molecule has 0 spiro atoms. The Labute approximate surface area is 155 Å². The third kappa shape index (κ3) is 9.29. The van der Waals surface area contributed by atoms with E-state index in [1.165, 1.54) is 51.2 Å². The minimum atomic E-state index is -0.0626. The highest BCUT2D eigenvalue weighted by Gasteiger charge is 2.02. The second-order valence-corrected chi connectivity index (χ2v) is 6.80. The summed E-state index contributed by atoms with van der Waals surface area (Å²) in [6.07, 6.45) is 13.2. The van der Waals surface area contributed by atoms with E-state index in [9.17, 15) is 4.79 Å². The second-order valence-electron chi connectivity index (χ2n) is 6.01. The molecule has 0 aromatic heterocycles. The molecule has 1 aromatic rings. The molecule has 0 radical (unpaired) electrons. The van der Waals surface area contributed by atoms with Gasteiger partial charge < -0.3 is 0 Å². The van der Waals surface area contributed by atoms with Crippen LogP contribution in [0.3, 0.4) is 0 Å². The number of halogens is 2. The van der Waals surface area contributed by atoms with Crippen LogP contribution in [0.4, 0.5) is 0 Å². The van der Waals surface area contributed by atoms with Crippen LogP contribution < -0.4 is 5.43 Å². The van der Waals surface area contributed by atoms with Gasteiger partial charge in [-0.2, -0.15) is 5.10 Å². The highest BCUT2D eigenvalue weighted by Crippen LogP contribution is 2.24. The normalized spacial score (nSPS) is 11.1. The molecule has 1 amide bonds. The van der Waals surface area contributed by atoms with Crippen molar-refractivity contribution in [1.29, 1.82) is 0 Å². The van der Waals surface area contributed by atoms with Gasteiger partial charge in [-0.25, -0.2) is 5.43 Å². The topological polar surface area (TPSA) is 41.5 Å². The van der Waals surface area contributed by atoms with E-state index in [2.05, 4.69) is 17.5 Å². The Bertz CT molecular complexity index is 518. The molecule has 0 saturated heterocycles. The zero-order valence-electron chi connectivity index (χ0n) is 14.5. The summed E-state index contributed by atoms with van der Waals surface area (Å²) in [4.78, 5) is 11.7. The second kappa shape index (κ2) is 13.3. The molecule has 1 aromatic carbocycles. The van der Waals surface area contributed by atoms with Crippen LogP contribution in [-0.4, -0.2) is 12.1 Å². The standard InChI is InChI=1S/C19H28Cl2N2O/c1-2-3-4-5-6-7-8-9-10-14-18(24)23-22-15-16-12-11-13-17(20)19(16)21/h11-13,15H,2-10,14H2,1H3,(H,23,24). The zero-order valence-corrected chi connectivity index (χ0v) is 16.0. The van der Waals surface area contributed by atoms with Crippen molar-refractivity contribution in [3.05, 3.63) is 33.8 Å². The van der Waals surface area contributed by atoms with Crippen molar-refractivity contribution in [3.63, 3.8) is 0 Å². The molecule has 5 heteroatoms. The smallest absolute Gasteiger partial charge is 0.240 e. The van der Waals surface area contributed by atoms with Gasteiger partial charge in [-0.3, -0.25) is 4.79 Å². The SMILES string of the molecule is CCCCCCCCCCCC(=O)NN=Cc1cccc(Cl)c1Cl. The van der Waals surface area contributed by atoms with Gasteiger partial charge in [0.05, 0.1) is 16.3 Å². The van der Waals surface area contributed by atoms with Gasteiger partial charge >= 0.3 is 0 Å². The highest BCUT2D eigenvalue weighted by molar-refractivity contribution is 6.43. The van der Waals surface area contributed by atoms with E-state index in [4.69, 9.17) is 23.2 Å². The quantitative estimate of drug-likeness (QED) is 0.259. The Morgan fingerprint density at radius 2 is 1.67 bits per heavy atom. The molecule has 1 rings (SSSR count). The Balaban J connectivity index is 2.08. The molecule has 24 heavy (non-hydrogen) atoms. The number of hydrogen-bond donors (Lipinski definition) is 1. The Morgan fingerprint density at radius 1 is 1.04 bits per heavy atom. The molecule has 3 nitrogen and oxygen atoms in total. The number of unbranched alkanes of at least 4 members (excludes halogenated alkanes) is 8. The molecule has 0 aliphatic heterocycles. The summed E-state index contributed by atoms with van der Waals surface area (Å²) in [5.74, 6) is -0.0626. The molecule has 0 atom stereocenters. The van der Waals surface area contributed by atoms with Crippen molar-refractivity contribution in [2.45, 2.75) is 71.1 Å². The van der Waals surface area contributed by atoms with Crippen LogP contribution in [0.5, 0.6) is 0 Å². The minimum Gasteiger partial charge on any atom is -0.273 e. The first-order chi connectivity index (χ1) is 11.6. The lowest BCUT2D eigenvalue weighted by molar-refractivity contribution is -0.121. The van der Waals surface area contributed by atoms with E-state index < -0.39 is 0 Å². The summed E-state index contributed by atoms with van der Waals surface area (Å²) in [7, 11) is 0. The van der Waals surface area contributed by atoms with E-state index in [-0.39, 0.29) is 5.91 Å². The van der Waals surface area contributed by atoms with Gasteiger partial charge in [-0.15, -0.1) is 0 Å². The van der Waals surface area contributed by atoms with Crippen molar-refractivity contribution < 1.29 is 4.79 Å².